The average Bonchev–Trinajstić information content (AvgIpc) is 2.40. The van der Waals surface area contributed by atoms with E-state index in [1.54, 1.807) is 0 Å². The molecule has 0 aliphatic heterocycles. The Bertz CT molecular complexity index is 498. The molecule has 1 N–H and O–H groups in total. The number of aliphatic hydroxyl groups is 1. The Kier molecular flexibility index (Phi) is 7.60. The molecule has 0 amide bonds. The SMILES string of the molecule is CC1/C(=C/CO)C[C@@H](O[Si](C)(C)C(C)(C)C)C[C@@H]1O[Si](C)(C)C(C)(C)C. The van der Waals surface area contributed by atoms with Gasteiger partial charge < -0.3 is 14.0 Å². The summed E-state index contributed by atoms with van der Waals surface area (Å²) < 4.78 is 13.6. The molecular formula is C21H44O3Si2. The van der Waals surface area contributed by atoms with Crippen molar-refractivity contribution in [3.05, 3.63) is 11.6 Å². The van der Waals surface area contributed by atoms with Crippen LogP contribution >= 0.6 is 0 Å². The Hall–Kier alpha value is 0.0538. The van der Waals surface area contributed by atoms with E-state index in [-0.39, 0.29) is 28.9 Å². The third kappa shape index (κ3) is 5.77. The Balaban J connectivity index is 3.06. The molecule has 3 nitrogen and oxygen atoms in total. The van der Waals surface area contributed by atoms with Gasteiger partial charge in [-0.25, -0.2) is 0 Å². The Morgan fingerprint density at radius 3 is 1.85 bits per heavy atom. The van der Waals surface area contributed by atoms with Gasteiger partial charge in [0.15, 0.2) is 16.6 Å². The molecule has 1 aliphatic carbocycles. The first-order valence-electron chi connectivity index (χ1n) is 10.2. The molecule has 154 valence electrons. The van der Waals surface area contributed by atoms with Gasteiger partial charge in [-0.3, -0.25) is 0 Å². The van der Waals surface area contributed by atoms with Gasteiger partial charge in [-0.15, -0.1) is 0 Å². The minimum absolute atomic E-state index is 0.0965. The van der Waals surface area contributed by atoms with E-state index in [4.69, 9.17) is 8.85 Å². The van der Waals surface area contributed by atoms with Crippen LogP contribution in [0, 0.1) is 5.92 Å². The van der Waals surface area contributed by atoms with Gasteiger partial charge in [0.1, 0.15) is 0 Å². The zero-order chi connectivity index (χ0) is 20.6. The highest BCUT2D eigenvalue weighted by Crippen LogP contribution is 2.44. The summed E-state index contributed by atoms with van der Waals surface area (Å²) in [6.07, 6.45) is 4.24. The summed E-state index contributed by atoms with van der Waals surface area (Å²) in [5.41, 5.74) is 1.30. The van der Waals surface area contributed by atoms with Crippen molar-refractivity contribution in [2.75, 3.05) is 6.61 Å². The monoisotopic (exact) mass is 400 g/mol. The van der Waals surface area contributed by atoms with Gasteiger partial charge >= 0.3 is 0 Å². The maximum absolute atomic E-state index is 9.49. The lowest BCUT2D eigenvalue weighted by atomic mass is 9.81. The maximum atomic E-state index is 9.49. The molecule has 1 aliphatic rings. The number of hydrogen-bond donors (Lipinski definition) is 1. The predicted molar refractivity (Wildman–Crippen MR) is 118 cm³/mol. The fourth-order valence-corrected chi connectivity index (χ4v) is 5.79. The van der Waals surface area contributed by atoms with Gasteiger partial charge in [0.25, 0.3) is 0 Å². The van der Waals surface area contributed by atoms with E-state index in [0.29, 0.717) is 5.92 Å². The quantitative estimate of drug-likeness (QED) is 0.446. The van der Waals surface area contributed by atoms with Crippen LogP contribution in [0.3, 0.4) is 0 Å². The summed E-state index contributed by atoms with van der Waals surface area (Å²) in [6.45, 7) is 25.4. The molecule has 1 unspecified atom stereocenters. The fourth-order valence-electron chi connectivity index (χ4n) is 3.01. The zero-order valence-corrected chi connectivity index (χ0v) is 21.2. The normalized spacial score (nSPS) is 27.8. The lowest BCUT2D eigenvalue weighted by Gasteiger charge is -2.47. The maximum Gasteiger partial charge on any atom is 0.192 e. The van der Waals surface area contributed by atoms with E-state index < -0.39 is 16.6 Å². The molecule has 5 heteroatoms. The van der Waals surface area contributed by atoms with E-state index in [0.717, 1.165) is 12.8 Å². The highest BCUT2D eigenvalue weighted by Gasteiger charge is 2.45. The van der Waals surface area contributed by atoms with Crippen LogP contribution < -0.4 is 0 Å². The molecule has 0 aromatic carbocycles. The third-order valence-corrected chi connectivity index (χ3v) is 16.0. The van der Waals surface area contributed by atoms with Gasteiger partial charge in [-0.05, 0) is 49.1 Å². The third-order valence-electron chi connectivity index (χ3n) is 6.97. The Morgan fingerprint density at radius 1 is 0.962 bits per heavy atom. The molecule has 1 rings (SSSR count). The van der Waals surface area contributed by atoms with Crippen LogP contribution in [0.25, 0.3) is 0 Å². The smallest absolute Gasteiger partial charge is 0.192 e. The van der Waals surface area contributed by atoms with E-state index in [2.05, 4.69) is 74.7 Å². The van der Waals surface area contributed by atoms with Crippen LogP contribution in [-0.4, -0.2) is 40.6 Å². The summed E-state index contributed by atoms with van der Waals surface area (Å²) in [7, 11) is -3.67. The van der Waals surface area contributed by atoms with Crippen molar-refractivity contribution in [1.29, 1.82) is 0 Å². The van der Waals surface area contributed by atoms with Crippen molar-refractivity contribution in [2.24, 2.45) is 5.92 Å². The van der Waals surface area contributed by atoms with Gasteiger partial charge in [-0.1, -0.05) is 60.1 Å². The van der Waals surface area contributed by atoms with E-state index >= 15 is 0 Å². The lowest BCUT2D eigenvalue weighted by molar-refractivity contribution is 0.0449. The molecule has 1 saturated carbocycles. The molecule has 0 aromatic heterocycles. The largest absolute Gasteiger partial charge is 0.414 e. The molecular weight excluding hydrogens is 356 g/mol. The van der Waals surface area contributed by atoms with Crippen molar-refractivity contribution in [3.63, 3.8) is 0 Å². The van der Waals surface area contributed by atoms with Crippen molar-refractivity contribution in [2.45, 2.75) is 110 Å². The second kappa shape index (κ2) is 8.20. The number of aliphatic hydroxyl groups excluding tert-OH is 1. The fraction of sp³-hybridized carbons (Fsp3) is 0.905. The molecule has 0 spiro atoms. The molecule has 0 bridgehead atoms. The van der Waals surface area contributed by atoms with Crippen LogP contribution in [-0.2, 0) is 8.85 Å². The van der Waals surface area contributed by atoms with Crippen molar-refractivity contribution in [3.8, 4) is 0 Å². The molecule has 0 radical (unpaired) electrons. The Morgan fingerprint density at radius 2 is 1.42 bits per heavy atom. The first kappa shape index (κ1) is 24.1. The van der Waals surface area contributed by atoms with Gasteiger partial charge in [0, 0.05) is 5.92 Å². The predicted octanol–water partition coefficient (Wildman–Crippen LogP) is 6.12. The first-order valence-corrected chi connectivity index (χ1v) is 16.0. The van der Waals surface area contributed by atoms with Crippen molar-refractivity contribution < 1.29 is 14.0 Å². The van der Waals surface area contributed by atoms with Gasteiger partial charge in [-0.2, -0.15) is 0 Å². The van der Waals surface area contributed by atoms with Crippen LogP contribution in [0.4, 0.5) is 0 Å². The average molecular weight is 401 g/mol. The minimum Gasteiger partial charge on any atom is -0.414 e. The summed E-state index contributed by atoms with van der Waals surface area (Å²) in [5, 5.41) is 9.89. The molecule has 26 heavy (non-hydrogen) atoms. The summed E-state index contributed by atoms with van der Waals surface area (Å²) in [6, 6.07) is 0. The molecule has 0 heterocycles. The van der Waals surface area contributed by atoms with Crippen LogP contribution in [0.2, 0.25) is 36.3 Å². The van der Waals surface area contributed by atoms with E-state index in [9.17, 15) is 5.11 Å². The molecule has 0 aromatic rings. The van der Waals surface area contributed by atoms with Crippen molar-refractivity contribution >= 4 is 16.6 Å². The van der Waals surface area contributed by atoms with Gasteiger partial charge in [0.2, 0.25) is 0 Å². The second-order valence-electron chi connectivity index (χ2n) is 11.1. The Labute approximate surface area is 164 Å². The number of hydrogen-bond acceptors (Lipinski definition) is 3. The summed E-state index contributed by atoms with van der Waals surface area (Å²) in [5.74, 6) is 0.343. The first-order chi connectivity index (χ1) is 11.5. The molecule has 0 saturated heterocycles. The topological polar surface area (TPSA) is 38.7 Å². The highest BCUT2D eigenvalue weighted by atomic mass is 28.4. The van der Waals surface area contributed by atoms with E-state index in [1.807, 2.05) is 6.08 Å². The summed E-state index contributed by atoms with van der Waals surface area (Å²) in [4.78, 5) is 0. The number of rotatable bonds is 5. The van der Waals surface area contributed by atoms with E-state index in [1.165, 1.54) is 5.57 Å². The van der Waals surface area contributed by atoms with Crippen LogP contribution in [0.1, 0.15) is 61.3 Å². The van der Waals surface area contributed by atoms with Gasteiger partial charge in [0.05, 0.1) is 18.8 Å². The standard InChI is InChI=1S/C21H44O3Si2/c1-16-17(12-13-22)14-18(23-25(8,9)20(2,3)4)15-19(16)24-26(10,11)21(5,6)7/h12,16,18-19,22H,13-15H2,1-11H3/b17-12+/t16?,18-,19+/m1/s1. The molecule has 3 atom stereocenters. The second-order valence-corrected chi connectivity index (χ2v) is 20.6. The lowest BCUT2D eigenvalue weighted by Crippen LogP contribution is -2.50. The van der Waals surface area contributed by atoms with Crippen molar-refractivity contribution in [1.82, 2.24) is 0 Å². The van der Waals surface area contributed by atoms with Crippen LogP contribution in [0.15, 0.2) is 11.6 Å². The highest BCUT2D eigenvalue weighted by molar-refractivity contribution is 6.74. The zero-order valence-electron chi connectivity index (χ0n) is 19.2. The van der Waals surface area contributed by atoms with Crippen LogP contribution in [0.5, 0.6) is 0 Å². The minimum atomic E-state index is -1.85. The molecule has 1 fully saturated rings. The summed E-state index contributed by atoms with van der Waals surface area (Å²) >= 11 is 0.